The van der Waals surface area contributed by atoms with Gasteiger partial charge in [-0.25, -0.2) is 0 Å². The predicted octanol–water partition coefficient (Wildman–Crippen LogP) is 20.9. The highest BCUT2D eigenvalue weighted by molar-refractivity contribution is 6.13. The Balaban J connectivity index is 0.944. The summed E-state index contributed by atoms with van der Waals surface area (Å²) in [5, 5.41) is 9.39. The van der Waals surface area contributed by atoms with Gasteiger partial charge in [0.25, 0.3) is 0 Å². The predicted molar refractivity (Wildman–Crippen MR) is 319 cm³/mol. The van der Waals surface area contributed by atoms with Crippen LogP contribution in [0.4, 0.5) is 34.1 Å². The van der Waals surface area contributed by atoms with Crippen LogP contribution < -0.4 is 9.80 Å². The van der Waals surface area contributed by atoms with Gasteiger partial charge in [-0.05, 0) is 177 Å². The molecule has 0 saturated carbocycles. The van der Waals surface area contributed by atoms with Gasteiger partial charge in [0.1, 0.15) is 11.2 Å². The summed E-state index contributed by atoms with van der Waals surface area (Å²) in [4.78, 5) is 4.83. The first kappa shape index (κ1) is 46.7. The molecule has 10 aromatic carbocycles. The minimum Gasteiger partial charge on any atom is -0.454 e. The molecule has 0 saturated heterocycles. The van der Waals surface area contributed by atoms with Crippen molar-refractivity contribution in [2.24, 2.45) is 0 Å². The number of fused-ring (bicyclic) bond motifs is 11. The average Bonchev–Trinajstić information content (AvgIpc) is 4.02. The summed E-state index contributed by atoms with van der Waals surface area (Å²) in [7, 11) is 0. The highest BCUT2D eigenvalue weighted by atomic mass is 16.3. The summed E-state index contributed by atoms with van der Waals surface area (Å²) >= 11 is 0. The molecular formula is C71H64N2O2. The molecule has 0 spiro atoms. The second kappa shape index (κ2) is 16.5. The molecule has 75 heavy (non-hydrogen) atoms. The van der Waals surface area contributed by atoms with Crippen LogP contribution in [0.1, 0.15) is 99.9 Å². The van der Waals surface area contributed by atoms with E-state index in [0.29, 0.717) is 0 Å². The van der Waals surface area contributed by atoms with Crippen LogP contribution in [0.25, 0.3) is 76.5 Å². The van der Waals surface area contributed by atoms with Crippen LogP contribution in [0.15, 0.2) is 179 Å². The van der Waals surface area contributed by atoms with Crippen LogP contribution in [0.2, 0.25) is 0 Å². The van der Waals surface area contributed by atoms with Gasteiger partial charge in [-0.3, -0.25) is 0 Å². The van der Waals surface area contributed by atoms with Gasteiger partial charge in [0.2, 0.25) is 0 Å². The van der Waals surface area contributed by atoms with Gasteiger partial charge in [-0.1, -0.05) is 152 Å². The number of rotatable bonds is 6. The van der Waals surface area contributed by atoms with E-state index in [1.807, 2.05) is 0 Å². The zero-order valence-electron chi connectivity index (χ0n) is 45.4. The van der Waals surface area contributed by atoms with Crippen LogP contribution in [0, 0.1) is 27.7 Å². The van der Waals surface area contributed by atoms with Gasteiger partial charge < -0.3 is 18.6 Å². The van der Waals surface area contributed by atoms with Gasteiger partial charge in [0.05, 0.1) is 11.4 Å². The maximum absolute atomic E-state index is 7.05. The normalized spacial score (nSPS) is 13.4. The quantitative estimate of drug-likeness (QED) is 0.166. The Morgan fingerprint density at radius 1 is 0.360 bits per heavy atom. The lowest BCUT2D eigenvalue weighted by atomic mass is 9.81. The number of furan rings is 2. The van der Waals surface area contributed by atoms with Crippen LogP contribution in [0.5, 0.6) is 0 Å². The van der Waals surface area contributed by atoms with E-state index in [4.69, 9.17) is 8.83 Å². The Kier molecular flexibility index (Phi) is 10.2. The lowest BCUT2D eigenvalue weighted by Gasteiger charge is -2.28. The fraction of sp³-hybridized carbons (Fsp3) is 0.211. The van der Waals surface area contributed by atoms with E-state index in [9.17, 15) is 0 Å². The van der Waals surface area contributed by atoms with Gasteiger partial charge in [0.15, 0.2) is 11.2 Å². The Hall–Kier alpha value is -8.08. The third-order valence-corrected chi connectivity index (χ3v) is 16.4. The molecule has 13 rings (SSSR count). The molecule has 0 atom stereocenters. The van der Waals surface area contributed by atoms with Crippen LogP contribution in [0.3, 0.4) is 0 Å². The molecule has 1 aliphatic rings. The zero-order chi connectivity index (χ0) is 52.0. The Labute approximate surface area is 440 Å². The third kappa shape index (κ3) is 7.31. The van der Waals surface area contributed by atoms with Crippen molar-refractivity contribution in [2.45, 2.75) is 99.3 Å². The minimum absolute atomic E-state index is 0.0756. The summed E-state index contributed by atoms with van der Waals surface area (Å²) in [5.41, 5.74) is 22.3. The second-order valence-corrected chi connectivity index (χ2v) is 24.1. The summed E-state index contributed by atoms with van der Waals surface area (Å²) in [6, 6.07) is 63.6. The summed E-state index contributed by atoms with van der Waals surface area (Å²) in [6.45, 7) is 27.1. The highest BCUT2D eigenvalue weighted by Gasteiger charge is 2.37. The van der Waals surface area contributed by atoms with E-state index < -0.39 is 0 Å². The third-order valence-electron chi connectivity index (χ3n) is 16.4. The number of hydrogen-bond donors (Lipinski definition) is 0. The van der Waals surface area contributed by atoms with Crippen molar-refractivity contribution in [3.63, 3.8) is 0 Å². The number of anilines is 6. The molecule has 2 heterocycles. The van der Waals surface area contributed by atoms with E-state index in [0.717, 1.165) is 78.0 Å². The standard InChI is InChI=1S/C71H64N2O2/c1-41-25-27-43(3)63(33-41)72(61-23-15-19-53-51-17-13-21-57(69(5,6)7)65(51)74-67(53)61)49-31-29-45-37-55-56-38-46-30-32-50(36-48(46)40-60(56)71(11,12)59(55)39-47(45)35-49)73(64-34-42(2)26-28-44(64)4)62-24-16-20-54-52-18-14-22-58(70(8,9)10)66(52)75-68(54)62/h13-40H,1-12H3. The number of para-hydroxylation sites is 4. The monoisotopic (exact) mass is 976 g/mol. The van der Waals surface area contributed by atoms with Gasteiger partial charge in [-0.2, -0.15) is 0 Å². The average molecular weight is 977 g/mol. The molecule has 0 aliphatic heterocycles. The highest BCUT2D eigenvalue weighted by Crippen LogP contribution is 2.53. The number of nitrogens with zero attached hydrogens (tertiary/aromatic N) is 2. The molecule has 2 aromatic heterocycles. The summed E-state index contributed by atoms with van der Waals surface area (Å²) in [6.07, 6.45) is 0. The maximum atomic E-state index is 7.05. The first-order valence-electron chi connectivity index (χ1n) is 26.6. The largest absolute Gasteiger partial charge is 0.454 e. The first-order valence-corrected chi connectivity index (χ1v) is 26.6. The lowest BCUT2D eigenvalue weighted by Crippen LogP contribution is -2.15. The van der Waals surface area contributed by atoms with Crippen LogP contribution in [-0.2, 0) is 16.2 Å². The molecule has 0 unspecified atom stereocenters. The molecule has 1 aliphatic carbocycles. The van der Waals surface area contributed by atoms with E-state index >= 15 is 0 Å². The number of hydrogen-bond acceptors (Lipinski definition) is 4. The molecular weight excluding hydrogens is 913 g/mol. The second-order valence-electron chi connectivity index (χ2n) is 24.1. The van der Waals surface area contributed by atoms with Crippen molar-refractivity contribution in [3.05, 3.63) is 214 Å². The van der Waals surface area contributed by atoms with Crippen molar-refractivity contribution in [1.29, 1.82) is 0 Å². The molecule has 0 fully saturated rings. The fourth-order valence-electron chi connectivity index (χ4n) is 12.4. The van der Waals surface area contributed by atoms with Gasteiger partial charge in [-0.15, -0.1) is 0 Å². The molecule has 0 radical (unpaired) electrons. The van der Waals surface area contributed by atoms with E-state index in [1.165, 1.54) is 77.2 Å². The summed E-state index contributed by atoms with van der Waals surface area (Å²) < 4.78 is 14.1. The Bertz CT molecular complexity index is 4080. The van der Waals surface area contributed by atoms with Crippen molar-refractivity contribution in [2.75, 3.05) is 9.80 Å². The SMILES string of the molecule is Cc1ccc(C)c(N(c2ccc3cc4c(cc3c2)C(C)(C)c2cc3cc(N(c5cc(C)ccc5C)c5cccc6c5oc5c(C(C)(C)C)cccc56)ccc3cc2-4)c2cccc3c2oc2c(C(C)(C)C)cccc23)c1. The molecule has 0 amide bonds. The Morgan fingerprint density at radius 3 is 1.15 bits per heavy atom. The molecule has 4 nitrogen and oxygen atoms in total. The molecule has 12 aromatic rings. The topological polar surface area (TPSA) is 32.8 Å². The van der Waals surface area contributed by atoms with Gasteiger partial charge >= 0.3 is 0 Å². The number of aryl methyl sites for hydroxylation is 4. The van der Waals surface area contributed by atoms with Crippen molar-refractivity contribution < 1.29 is 8.83 Å². The summed E-state index contributed by atoms with van der Waals surface area (Å²) in [5.74, 6) is 0. The molecule has 370 valence electrons. The zero-order valence-corrected chi connectivity index (χ0v) is 45.4. The van der Waals surface area contributed by atoms with Crippen molar-refractivity contribution in [3.8, 4) is 11.1 Å². The van der Waals surface area contributed by atoms with E-state index in [1.54, 1.807) is 0 Å². The minimum atomic E-state index is -0.256. The lowest BCUT2D eigenvalue weighted by molar-refractivity contribution is 0.572. The Morgan fingerprint density at radius 2 is 0.747 bits per heavy atom. The number of benzene rings is 10. The van der Waals surface area contributed by atoms with Crippen molar-refractivity contribution >= 4 is 99.5 Å². The smallest absolute Gasteiger partial charge is 0.159 e. The van der Waals surface area contributed by atoms with Crippen LogP contribution >= 0.6 is 0 Å². The first-order chi connectivity index (χ1) is 35.8. The molecule has 0 bridgehead atoms. The van der Waals surface area contributed by atoms with E-state index in [2.05, 4.69) is 263 Å². The maximum Gasteiger partial charge on any atom is 0.159 e. The van der Waals surface area contributed by atoms with E-state index in [-0.39, 0.29) is 16.2 Å². The van der Waals surface area contributed by atoms with Crippen LogP contribution in [-0.4, -0.2) is 0 Å². The molecule has 0 N–H and O–H groups in total. The van der Waals surface area contributed by atoms with Crippen molar-refractivity contribution in [1.82, 2.24) is 0 Å². The fourth-order valence-corrected chi connectivity index (χ4v) is 12.4. The molecule has 4 heteroatoms. The van der Waals surface area contributed by atoms with Gasteiger partial charge in [0, 0.05) is 60.8 Å².